The van der Waals surface area contributed by atoms with Gasteiger partial charge in [-0.05, 0) is 79.2 Å². The molecule has 1 amide bonds. The number of hydrogen-bond acceptors (Lipinski definition) is 5. The van der Waals surface area contributed by atoms with Crippen molar-refractivity contribution in [1.29, 1.82) is 0 Å². The Bertz CT molecular complexity index is 1710. The Morgan fingerprint density at radius 3 is 1.89 bits per heavy atom. The molecule has 4 rings (SSSR count). The minimum Gasteiger partial charge on any atom is -0.322 e. The van der Waals surface area contributed by atoms with Crippen LogP contribution < -0.4 is 14.8 Å². The molecular formula is C26H21Cl2N3O5S2. The van der Waals surface area contributed by atoms with E-state index < -0.39 is 26.0 Å². The van der Waals surface area contributed by atoms with Gasteiger partial charge in [-0.2, -0.15) is 0 Å². The number of nitrogens with one attached hydrogen (secondary N) is 3. The predicted molar refractivity (Wildman–Crippen MR) is 150 cm³/mol. The molecule has 38 heavy (non-hydrogen) atoms. The molecule has 0 aliphatic carbocycles. The maximum Gasteiger partial charge on any atom is 0.261 e. The van der Waals surface area contributed by atoms with Gasteiger partial charge in [-0.15, -0.1) is 0 Å². The summed E-state index contributed by atoms with van der Waals surface area (Å²) in [5.41, 5.74) is 1.59. The van der Waals surface area contributed by atoms with Gasteiger partial charge in [0.05, 0.1) is 26.2 Å². The number of carbonyl (C=O) groups is 1. The van der Waals surface area contributed by atoms with Gasteiger partial charge in [0.25, 0.3) is 26.0 Å². The van der Waals surface area contributed by atoms with Crippen molar-refractivity contribution in [2.75, 3.05) is 14.8 Å². The number of halogens is 2. The minimum absolute atomic E-state index is 0.00651. The lowest BCUT2D eigenvalue weighted by Crippen LogP contribution is -2.15. The topological polar surface area (TPSA) is 121 Å². The van der Waals surface area contributed by atoms with Crippen LogP contribution in [0.1, 0.15) is 15.9 Å². The number of rotatable bonds is 8. The molecule has 0 bridgehead atoms. The molecule has 3 N–H and O–H groups in total. The zero-order chi connectivity index (χ0) is 27.5. The molecule has 0 fully saturated rings. The number of sulfonamides is 2. The van der Waals surface area contributed by atoms with Gasteiger partial charge in [0.1, 0.15) is 0 Å². The summed E-state index contributed by atoms with van der Waals surface area (Å²) in [6, 6.07) is 22.4. The summed E-state index contributed by atoms with van der Waals surface area (Å²) < 4.78 is 55.5. The lowest BCUT2D eigenvalue weighted by molar-refractivity contribution is 0.102. The molecule has 0 heterocycles. The Hall–Kier alpha value is -3.57. The molecule has 0 aliphatic heterocycles. The van der Waals surface area contributed by atoms with Gasteiger partial charge in [-0.25, -0.2) is 16.8 Å². The Morgan fingerprint density at radius 2 is 1.26 bits per heavy atom. The quantitative estimate of drug-likeness (QED) is 0.227. The summed E-state index contributed by atoms with van der Waals surface area (Å²) in [6.07, 6.45) is 0. The normalized spacial score (nSPS) is 11.6. The van der Waals surface area contributed by atoms with Crippen molar-refractivity contribution in [1.82, 2.24) is 0 Å². The van der Waals surface area contributed by atoms with E-state index in [4.69, 9.17) is 23.2 Å². The van der Waals surface area contributed by atoms with Gasteiger partial charge < -0.3 is 5.32 Å². The highest BCUT2D eigenvalue weighted by molar-refractivity contribution is 7.93. The highest BCUT2D eigenvalue weighted by Crippen LogP contribution is 2.28. The fraction of sp³-hybridized carbons (Fsp3) is 0.0385. The number of amides is 1. The minimum atomic E-state index is -3.89. The van der Waals surface area contributed by atoms with Crippen molar-refractivity contribution in [3.63, 3.8) is 0 Å². The molecule has 0 radical (unpaired) electrons. The molecule has 0 spiro atoms. The first-order valence-electron chi connectivity index (χ1n) is 11.0. The highest BCUT2D eigenvalue weighted by atomic mass is 35.5. The van der Waals surface area contributed by atoms with E-state index in [1.54, 1.807) is 43.3 Å². The van der Waals surface area contributed by atoms with Gasteiger partial charge in [0.15, 0.2) is 0 Å². The molecule has 0 unspecified atom stereocenters. The van der Waals surface area contributed by atoms with Crippen LogP contribution in [0.5, 0.6) is 0 Å². The van der Waals surface area contributed by atoms with E-state index in [9.17, 15) is 21.6 Å². The highest BCUT2D eigenvalue weighted by Gasteiger charge is 2.18. The van der Waals surface area contributed by atoms with Crippen LogP contribution in [0.15, 0.2) is 101 Å². The van der Waals surface area contributed by atoms with Crippen molar-refractivity contribution in [2.45, 2.75) is 16.7 Å². The molecular weight excluding hydrogens is 569 g/mol. The van der Waals surface area contributed by atoms with Gasteiger partial charge in [0.2, 0.25) is 0 Å². The van der Waals surface area contributed by atoms with Crippen LogP contribution >= 0.6 is 23.2 Å². The van der Waals surface area contributed by atoms with Crippen LogP contribution in [-0.2, 0) is 20.0 Å². The van der Waals surface area contributed by atoms with Gasteiger partial charge >= 0.3 is 0 Å². The van der Waals surface area contributed by atoms with Crippen LogP contribution in [0, 0.1) is 6.92 Å². The summed E-state index contributed by atoms with van der Waals surface area (Å²) in [5.74, 6) is -0.521. The van der Waals surface area contributed by atoms with E-state index in [1.807, 2.05) is 0 Å². The lowest BCUT2D eigenvalue weighted by atomic mass is 10.2. The monoisotopic (exact) mass is 589 g/mol. The average Bonchev–Trinajstić information content (AvgIpc) is 2.88. The molecule has 0 aliphatic rings. The van der Waals surface area contributed by atoms with Crippen molar-refractivity contribution in [3.8, 4) is 0 Å². The summed E-state index contributed by atoms with van der Waals surface area (Å²) in [4.78, 5) is 12.8. The Morgan fingerprint density at radius 1 is 0.658 bits per heavy atom. The third kappa shape index (κ3) is 6.28. The van der Waals surface area contributed by atoms with Crippen molar-refractivity contribution in [3.05, 3.63) is 112 Å². The smallest absolute Gasteiger partial charge is 0.261 e. The molecule has 0 aromatic heterocycles. The number of anilines is 3. The molecule has 12 heteroatoms. The Kier molecular flexibility index (Phi) is 7.98. The molecule has 0 atom stereocenters. The maximum absolute atomic E-state index is 12.8. The third-order valence-electron chi connectivity index (χ3n) is 5.46. The van der Waals surface area contributed by atoms with Crippen LogP contribution in [-0.4, -0.2) is 22.7 Å². The average molecular weight is 591 g/mol. The van der Waals surface area contributed by atoms with Gasteiger partial charge in [0, 0.05) is 16.3 Å². The number of hydrogen-bond donors (Lipinski definition) is 3. The van der Waals surface area contributed by atoms with E-state index >= 15 is 0 Å². The standard InChI is InChI=1S/C26H21Cl2N3O5S2/c1-17-22(27)8-5-9-24(17)30-38(35,36)21-13-11-19(12-14-21)29-26(32)18-10-15-25(23(28)16-18)31-37(33,34)20-6-3-2-4-7-20/h2-16,30-31H,1H3,(H,29,32). The zero-order valence-electron chi connectivity index (χ0n) is 19.8. The first-order chi connectivity index (χ1) is 18.0. The fourth-order valence-electron chi connectivity index (χ4n) is 3.38. The van der Waals surface area contributed by atoms with E-state index in [1.165, 1.54) is 54.6 Å². The predicted octanol–water partition coefficient (Wildman–Crippen LogP) is 6.16. The van der Waals surface area contributed by atoms with Crippen molar-refractivity contribution < 1.29 is 21.6 Å². The fourth-order valence-corrected chi connectivity index (χ4v) is 6.07. The molecule has 4 aromatic carbocycles. The second-order valence-electron chi connectivity index (χ2n) is 8.11. The summed E-state index contributed by atoms with van der Waals surface area (Å²) in [6.45, 7) is 1.70. The second kappa shape index (κ2) is 11.0. The summed E-state index contributed by atoms with van der Waals surface area (Å²) in [5, 5.41) is 3.12. The van der Waals surface area contributed by atoms with E-state index in [-0.39, 0.29) is 26.1 Å². The lowest BCUT2D eigenvalue weighted by Gasteiger charge is -2.13. The van der Waals surface area contributed by atoms with Gasteiger partial charge in [-0.3, -0.25) is 14.2 Å². The van der Waals surface area contributed by atoms with Crippen LogP contribution in [0.25, 0.3) is 0 Å². The molecule has 196 valence electrons. The maximum atomic E-state index is 12.8. The zero-order valence-corrected chi connectivity index (χ0v) is 22.9. The SMILES string of the molecule is Cc1c(Cl)cccc1NS(=O)(=O)c1ccc(NC(=O)c2ccc(NS(=O)(=O)c3ccccc3)c(Cl)c2)cc1. The van der Waals surface area contributed by atoms with E-state index in [0.29, 0.717) is 22.0 Å². The first kappa shape index (κ1) is 27.5. The first-order valence-corrected chi connectivity index (χ1v) is 14.8. The molecule has 4 aromatic rings. The summed E-state index contributed by atoms with van der Waals surface area (Å²) in [7, 11) is -7.74. The van der Waals surface area contributed by atoms with Crippen molar-refractivity contribution >= 4 is 66.2 Å². The number of carbonyl (C=O) groups excluding carboxylic acids is 1. The van der Waals surface area contributed by atoms with E-state index in [0.717, 1.165) is 0 Å². The number of benzene rings is 4. The summed E-state index contributed by atoms with van der Waals surface area (Å²) >= 11 is 12.3. The largest absolute Gasteiger partial charge is 0.322 e. The Balaban J connectivity index is 1.45. The van der Waals surface area contributed by atoms with E-state index in [2.05, 4.69) is 14.8 Å². The molecule has 0 saturated heterocycles. The van der Waals surface area contributed by atoms with Gasteiger partial charge in [-0.1, -0.05) is 47.5 Å². The third-order valence-corrected chi connectivity index (χ3v) is 8.95. The van der Waals surface area contributed by atoms with Crippen LogP contribution in [0.4, 0.5) is 17.1 Å². The molecule has 8 nitrogen and oxygen atoms in total. The Labute approximate surface area is 230 Å². The molecule has 0 saturated carbocycles. The van der Waals surface area contributed by atoms with Crippen molar-refractivity contribution in [2.24, 2.45) is 0 Å². The second-order valence-corrected chi connectivity index (χ2v) is 12.3. The van der Waals surface area contributed by atoms with Crippen LogP contribution in [0.3, 0.4) is 0 Å². The van der Waals surface area contributed by atoms with Crippen LogP contribution in [0.2, 0.25) is 10.0 Å².